The van der Waals surface area contributed by atoms with Gasteiger partial charge in [0.05, 0.1) is 19.0 Å². The normalized spacial score (nSPS) is 10.0. The minimum absolute atomic E-state index is 0.501. The minimum atomic E-state index is -1.82. The lowest BCUT2D eigenvalue weighted by molar-refractivity contribution is -0.159. The Morgan fingerprint density at radius 1 is 1.10 bits per heavy atom. The van der Waals surface area contributed by atoms with Crippen LogP contribution < -0.4 is 10.1 Å². The molecule has 0 saturated heterocycles. The average molecular weight is 452 g/mol. The first-order chi connectivity index (χ1) is 14.2. The van der Waals surface area contributed by atoms with Gasteiger partial charge in [-0.05, 0) is 24.3 Å². The van der Waals surface area contributed by atoms with Crippen molar-refractivity contribution in [3.63, 3.8) is 0 Å². The third-order valence-corrected chi connectivity index (χ3v) is 4.73. The van der Waals surface area contributed by atoms with Gasteiger partial charge in [0.15, 0.2) is 0 Å². The standard InChI is InChI=1S/C18H17Cl2N3O.C2H2O4/c1-23-17(12-5-3-6-13(9-12)24-2)11-22-18(23)21-10-14-15(19)7-4-8-16(14)20;3-1(4)2(5)6/h3-9,11H,10H2,1-2H3,(H,21,22);(H,3,4)(H,5,6). The number of carboxylic acids is 2. The van der Waals surface area contributed by atoms with E-state index in [9.17, 15) is 0 Å². The maximum Gasteiger partial charge on any atom is 0.414 e. The summed E-state index contributed by atoms with van der Waals surface area (Å²) in [5.41, 5.74) is 2.88. The molecule has 0 bridgehead atoms. The molecule has 3 rings (SSSR count). The summed E-state index contributed by atoms with van der Waals surface area (Å²) in [5.74, 6) is -2.10. The molecule has 0 amide bonds. The third kappa shape index (κ3) is 5.88. The number of aliphatic carboxylic acids is 2. The number of carboxylic acid groups (broad SMARTS) is 2. The number of methoxy groups -OCH3 is 1. The summed E-state index contributed by atoms with van der Waals surface area (Å²) >= 11 is 12.4. The van der Waals surface area contributed by atoms with Crippen molar-refractivity contribution in [2.24, 2.45) is 7.05 Å². The molecule has 0 aliphatic carbocycles. The average Bonchev–Trinajstić information content (AvgIpc) is 3.08. The van der Waals surface area contributed by atoms with Gasteiger partial charge in [-0.15, -0.1) is 0 Å². The summed E-state index contributed by atoms with van der Waals surface area (Å²) in [6.45, 7) is 0.501. The van der Waals surface area contributed by atoms with Crippen LogP contribution in [0.3, 0.4) is 0 Å². The first kappa shape index (κ1) is 23.1. The van der Waals surface area contributed by atoms with Crippen LogP contribution >= 0.6 is 23.2 Å². The summed E-state index contributed by atoms with van der Waals surface area (Å²) in [6, 6.07) is 13.3. The number of carbonyl (C=O) groups is 2. The smallest absolute Gasteiger partial charge is 0.414 e. The number of nitrogens with zero attached hydrogens (tertiary/aromatic N) is 2. The molecule has 0 spiro atoms. The molecule has 3 aromatic rings. The van der Waals surface area contributed by atoms with Gasteiger partial charge in [-0.2, -0.15) is 0 Å². The van der Waals surface area contributed by atoms with E-state index in [2.05, 4.69) is 10.3 Å². The van der Waals surface area contributed by atoms with Crippen molar-refractivity contribution in [1.29, 1.82) is 0 Å². The fourth-order valence-electron chi connectivity index (χ4n) is 2.49. The van der Waals surface area contributed by atoms with E-state index in [4.69, 9.17) is 47.7 Å². The molecule has 0 radical (unpaired) electrons. The molecule has 0 unspecified atom stereocenters. The van der Waals surface area contributed by atoms with Crippen LogP contribution in [0, 0.1) is 0 Å². The molecular weight excluding hydrogens is 433 g/mol. The van der Waals surface area contributed by atoms with Crippen molar-refractivity contribution in [3.8, 4) is 17.0 Å². The number of anilines is 1. The highest BCUT2D eigenvalue weighted by molar-refractivity contribution is 6.36. The number of hydrogen-bond acceptors (Lipinski definition) is 5. The van der Waals surface area contributed by atoms with E-state index in [0.717, 1.165) is 28.5 Å². The van der Waals surface area contributed by atoms with Crippen LogP contribution in [0.15, 0.2) is 48.7 Å². The number of rotatable bonds is 5. The summed E-state index contributed by atoms with van der Waals surface area (Å²) in [5, 5.41) is 19.3. The quantitative estimate of drug-likeness (QED) is 0.498. The molecule has 10 heteroatoms. The van der Waals surface area contributed by atoms with E-state index >= 15 is 0 Å². The van der Waals surface area contributed by atoms with Gasteiger partial charge in [0.2, 0.25) is 5.95 Å². The van der Waals surface area contributed by atoms with Gasteiger partial charge in [-0.1, -0.05) is 41.4 Å². The van der Waals surface area contributed by atoms with Crippen LogP contribution in [0.2, 0.25) is 10.0 Å². The van der Waals surface area contributed by atoms with Crippen molar-refractivity contribution in [2.75, 3.05) is 12.4 Å². The van der Waals surface area contributed by atoms with Crippen LogP contribution in [-0.2, 0) is 23.2 Å². The highest BCUT2D eigenvalue weighted by atomic mass is 35.5. The second-order valence-electron chi connectivity index (χ2n) is 5.92. The van der Waals surface area contributed by atoms with Gasteiger partial charge in [0, 0.05) is 34.8 Å². The molecule has 3 N–H and O–H groups in total. The van der Waals surface area contributed by atoms with Crippen molar-refractivity contribution in [3.05, 3.63) is 64.3 Å². The zero-order valence-corrected chi connectivity index (χ0v) is 17.6. The van der Waals surface area contributed by atoms with Crippen LogP contribution in [0.4, 0.5) is 5.95 Å². The van der Waals surface area contributed by atoms with Crippen LogP contribution in [0.25, 0.3) is 11.3 Å². The Morgan fingerprint density at radius 2 is 1.70 bits per heavy atom. The van der Waals surface area contributed by atoms with E-state index in [-0.39, 0.29) is 0 Å². The predicted molar refractivity (Wildman–Crippen MR) is 114 cm³/mol. The van der Waals surface area contributed by atoms with Gasteiger partial charge in [-0.3, -0.25) is 0 Å². The van der Waals surface area contributed by atoms with Crippen LogP contribution in [0.5, 0.6) is 5.75 Å². The third-order valence-electron chi connectivity index (χ3n) is 4.02. The highest BCUT2D eigenvalue weighted by Crippen LogP contribution is 2.27. The van der Waals surface area contributed by atoms with E-state index in [0.29, 0.717) is 16.6 Å². The summed E-state index contributed by atoms with van der Waals surface area (Å²) in [4.78, 5) is 22.6. The Hall–Kier alpha value is -3.23. The van der Waals surface area contributed by atoms with Crippen molar-refractivity contribution in [2.45, 2.75) is 6.54 Å². The van der Waals surface area contributed by atoms with Gasteiger partial charge in [0.25, 0.3) is 0 Å². The Morgan fingerprint density at radius 3 is 2.27 bits per heavy atom. The first-order valence-electron chi connectivity index (χ1n) is 8.53. The Labute approximate surface area is 182 Å². The van der Waals surface area contributed by atoms with Gasteiger partial charge < -0.3 is 24.8 Å². The van der Waals surface area contributed by atoms with Crippen LogP contribution in [0.1, 0.15) is 5.56 Å². The molecule has 2 aromatic carbocycles. The number of benzene rings is 2. The molecule has 1 heterocycles. The molecule has 1 aromatic heterocycles. The Bertz CT molecular complexity index is 1020. The van der Waals surface area contributed by atoms with Gasteiger partial charge in [-0.25, -0.2) is 14.6 Å². The van der Waals surface area contributed by atoms with E-state index in [1.54, 1.807) is 7.11 Å². The fraction of sp³-hybridized carbons (Fsp3) is 0.150. The molecule has 30 heavy (non-hydrogen) atoms. The maximum absolute atomic E-state index is 9.10. The number of nitrogens with one attached hydrogen (secondary N) is 1. The highest BCUT2D eigenvalue weighted by Gasteiger charge is 2.11. The summed E-state index contributed by atoms with van der Waals surface area (Å²) in [6.07, 6.45) is 1.82. The summed E-state index contributed by atoms with van der Waals surface area (Å²) in [7, 11) is 3.61. The first-order valence-corrected chi connectivity index (χ1v) is 9.29. The van der Waals surface area contributed by atoms with E-state index in [1.807, 2.05) is 60.3 Å². The molecule has 0 saturated carbocycles. The van der Waals surface area contributed by atoms with Crippen molar-refractivity contribution >= 4 is 41.1 Å². The van der Waals surface area contributed by atoms with Crippen molar-refractivity contribution < 1.29 is 24.5 Å². The molecule has 0 aliphatic rings. The topological polar surface area (TPSA) is 114 Å². The molecule has 0 fully saturated rings. The lowest BCUT2D eigenvalue weighted by Crippen LogP contribution is -2.09. The number of aromatic nitrogens is 2. The maximum atomic E-state index is 9.10. The lowest BCUT2D eigenvalue weighted by atomic mass is 10.1. The second-order valence-corrected chi connectivity index (χ2v) is 6.74. The zero-order valence-electron chi connectivity index (χ0n) is 16.1. The number of halogens is 2. The minimum Gasteiger partial charge on any atom is -0.497 e. The van der Waals surface area contributed by atoms with E-state index < -0.39 is 11.9 Å². The largest absolute Gasteiger partial charge is 0.497 e. The molecule has 0 aliphatic heterocycles. The van der Waals surface area contributed by atoms with Crippen LogP contribution in [-0.4, -0.2) is 38.8 Å². The number of ether oxygens (including phenoxy) is 1. The predicted octanol–water partition coefficient (Wildman–Crippen LogP) is 4.17. The molecular formula is C20H19Cl2N3O5. The zero-order chi connectivity index (χ0) is 22.3. The van der Waals surface area contributed by atoms with Crippen molar-refractivity contribution in [1.82, 2.24) is 9.55 Å². The second kappa shape index (κ2) is 10.5. The van der Waals surface area contributed by atoms with Gasteiger partial charge >= 0.3 is 11.9 Å². The summed E-state index contributed by atoms with van der Waals surface area (Å²) < 4.78 is 7.27. The number of hydrogen-bond donors (Lipinski definition) is 3. The van der Waals surface area contributed by atoms with Gasteiger partial charge in [0.1, 0.15) is 5.75 Å². The Balaban J connectivity index is 0.000000469. The molecule has 8 nitrogen and oxygen atoms in total. The number of imidazole rings is 1. The fourth-order valence-corrected chi connectivity index (χ4v) is 3.02. The SMILES string of the molecule is COc1cccc(-c2cnc(NCc3c(Cl)cccc3Cl)n2C)c1.O=C(O)C(=O)O. The lowest BCUT2D eigenvalue weighted by Gasteiger charge is -2.11. The molecule has 158 valence electrons. The van der Waals surface area contributed by atoms with E-state index in [1.165, 1.54) is 0 Å². The monoisotopic (exact) mass is 451 g/mol. The Kier molecular flexibility index (Phi) is 8.08. The molecule has 0 atom stereocenters.